The summed E-state index contributed by atoms with van der Waals surface area (Å²) < 4.78 is 0. The summed E-state index contributed by atoms with van der Waals surface area (Å²) in [5, 5.41) is 13.8. The summed E-state index contributed by atoms with van der Waals surface area (Å²) in [7, 11) is 0. The molecule has 0 amide bonds. The van der Waals surface area contributed by atoms with E-state index in [1.807, 2.05) is 18.2 Å². The number of nitrogens with one attached hydrogen (secondary N) is 1. The number of hydrogen-bond donors (Lipinski definition) is 2. The molecule has 2 rings (SSSR count). The number of thiophene rings is 1. The van der Waals surface area contributed by atoms with E-state index in [4.69, 9.17) is 5.73 Å². The van der Waals surface area contributed by atoms with Crippen LogP contribution in [-0.4, -0.2) is 4.92 Å². The Hall–Kier alpha value is -2.08. The van der Waals surface area contributed by atoms with Gasteiger partial charge in [-0.3, -0.25) is 10.1 Å². The van der Waals surface area contributed by atoms with Gasteiger partial charge in [0.2, 0.25) is 0 Å². The van der Waals surface area contributed by atoms with E-state index in [1.165, 1.54) is 17.4 Å². The molecule has 0 aliphatic carbocycles. The summed E-state index contributed by atoms with van der Waals surface area (Å²) in [5.41, 5.74) is 7.24. The first-order valence-electron chi connectivity index (χ1n) is 4.97. The van der Waals surface area contributed by atoms with Gasteiger partial charge in [0.1, 0.15) is 0 Å². The standard InChI is InChI=1S/C11H11N3O2S/c12-8-2-1-3-9(6-8)13-7-10-4-5-11(17-10)14(15)16/h1-6,13H,7,12H2. The number of benzene rings is 1. The smallest absolute Gasteiger partial charge is 0.324 e. The molecule has 17 heavy (non-hydrogen) atoms. The second-order valence-corrected chi connectivity index (χ2v) is 4.62. The van der Waals surface area contributed by atoms with E-state index in [0.29, 0.717) is 12.2 Å². The van der Waals surface area contributed by atoms with Crippen LogP contribution in [0.2, 0.25) is 0 Å². The molecule has 3 N–H and O–H groups in total. The average molecular weight is 249 g/mol. The van der Waals surface area contributed by atoms with Gasteiger partial charge >= 0.3 is 5.00 Å². The SMILES string of the molecule is Nc1cccc(NCc2ccc([N+](=O)[O-])s2)c1. The first-order valence-corrected chi connectivity index (χ1v) is 5.79. The number of rotatable bonds is 4. The summed E-state index contributed by atoms with van der Waals surface area (Å²) in [4.78, 5) is 11.0. The predicted octanol–water partition coefficient (Wildman–Crippen LogP) is 2.85. The van der Waals surface area contributed by atoms with Crippen LogP contribution in [0.15, 0.2) is 36.4 Å². The molecule has 0 spiro atoms. The van der Waals surface area contributed by atoms with Crippen LogP contribution in [0.4, 0.5) is 16.4 Å². The molecule has 0 unspecified atom stereocenters. The zero-order chi connectivity index (χ0) is 12.3. The summed E-state index contributed by atoms with van der Waals surface area (Å²) in [5.74, 6) is 0. The van der Waals surface area contributed by atoms with Gasteiger partial charge in [0.25, 0.3) is 0 Å². The largest absolute Gasteiger partial charge is 0.399 e. The Morgan fingerprint density at radius 3 is 2.82 bits per heavy atom. The third kappa shape index (κ3) is 2.94. The summed E-state index contributed by atoms with van der Waals surface area (Å²) in [6.07, 6.45) is 0. The number of nitrogens with zero attached hydrogens (tertiary/aromatic N) is 1. The van der Waals surface area contributed by atoms with Gasteiger partial charge in [-0.1, -0.05) is 17.4 Å². The highest BCUT2D eigenvalue weighted by atomic mass is 32.1. The number of nitrogen functional groups attached to an aromatic ring is 1. The molecular formula is C11H11N3O2S. The van der Waals surface area contributed by atoms with Crippen molar-refractivity contribution in [3.8, 4) is 0 Å². The quantitative estimate of drug-likeness (QED) is 0.496. The van der Waals surface area contributed by atoms with Crippen LogP contribution in [0.1, 0.15) is 4.88 Å². The van der Waals surface area contributed by atoms with Crippen molar-refractivity contribution in [2.75, 3.05) is 11.1 Å². The molecule has 0 bridgehead atoms. The first kappa shape index (κ1) is 11.4. The van der Waals surface area contributed by atoms with Gasteiger partial charge in [-0.2, -0.15) is 0 Å². The second kappa shape index (κ2) is 4.84. The fraction of sp³-hybridized carbons (Fsp3) is 0.0909. The molecule has 0 radical (unpaired) electrons. The Labute approximate surface area is 102 Å². The second-order valence-electron chi connectivity index (χ2n) is 3.48. The Bertz CT molecular complexity index is 539. The lowest BCUT2D eigenvalue weighted by molar-refractivity contribution is -0.380. The summed E-state index contributed by atoms with van der Waals surface area (Å²) >= 11 is 1.17. The van der Waals surface area contributed by atoms with Crippen molar-refractivity contribution in [2.45, 2.75) is 6.54 Å². The normalized spacial score (nSPS) is 10.1. The molecule has 0 saturated carbocycles. The molecule has 0 atom stereocenters. The fourth-order valence-corrected chi connectivity index (χ4v) is 2.16. The van der Waals surface area contributed by atoms with E-state index >= 15 is 0 Å². The topological polar surface area (TPSA) is 81.2 Å². The molecule has 88 valence electrons. The maximum Gasteiger partial charge on any atom is 0.324 e. The van der Waals surface area contributed by atoms with Crippen LogP contribution in [0.25, 0.3) is 0 Å². The van der Waals surface area contributed by atoms with Crippen molar-refractivity contribution in [2.24, 2.45) is 0 Å². The van der Waals surface area contributed by atoms with Gasteiger partial charge in [-0.25, -0.2) is 0 Å². The molecule has 0 aliphatic heterocycles. The summed E-state index contributed by atoms with van der Waals surface area (Å²) in [6.45, 7) is 0.558. The molecule has 1 heterocycles. The predicted molar refractivity (Wildman–Crippen MR) is 69.2 cm³/mol. The van der Waals surface area contributed by atoms with E-state index < -0.39 is 0 Å². The molecule has 6 heteroatoms. The maximum absolute atomic E-state index is 10.5. The fourth-order valence-electron chi connectivity index (χ4n) is 1.40. The Kier molecular flexibility index (Phi) is 3.24. The third-order valence-corrected chi connectivity index (χ3v) is 3.22. The Balaban J connectivity index is 2.00. The zero-order valence-corrected chi connectivity index (χ0v) is 9.74. The minimum absolute atomic E-state index is 0.161. The molecule has 2 aromatic rings. The minimum atomic E-state index is -0.380. The van der Waals surface area contributed by atoms with Gasteiger partial charge in [0.15, 0.2) is 0 Å². The van der Waals surface area contributed by atoms with E-state index in [2.05, 4.69) is 5.32 Å². The molecular weight excluding hydrogens is 238 g/mol. The van der Waals surface area contributed by atoms with E-state index in [-0.39, 0.29) is 9.92 Å². The highest BCUT2D eigenvalue weighted by molar-refractivity contribution is 7.15. The number of hydrogen-bond acceptors (Lipinski definition) is 5. The van der Waals surface area contributed by atoms with Crippen LogP contribution in [0.5, 0.6) is 0 Å². The molecule has 1 aromatic heterocycles. The minimum Gasteiger partial charge on any atom is -0.399 e. The first-order chi connectivity index (χ1) is 8.15. The van der Waals surface area contributed by atoms with Crippen molar-refractivity contribution >= 4 is 27.7 Å². The van der Waals surface area contributed by atoms with Crippen molar-refractivity contribution in [1.82, 2.24) is 0 Å². The summed E-state index contributed by atoms with van der Waals surface area (Å²) in [6, 6.07) is 10.7. The highest BCUT2D eigenvalue weighted by Crippen LogP contribution is 2.24. The maximum atomic E-state index is 10.5. The van der Waals surface area contributed by atoms with Crippen molar-refractivity contribution < 1.29 is 4.92 Å². The molecule has 0 aliphatic rings. The van der Waals surface area contributed by atoms with Crippen LogP contribution < -0.4 is 11.1 Å². The monoisotopic (exact) mass is 249 g/mol. The number of nitrogens with two attached hydrogens (primary N) is 1. The highest BCUT2D eigenvalue weighted by Gasteiger charge is 2.09. The third-order valence-electron chi connectivity index (χ3n) is 2.18. The van der Waals surface area contributed by atoms with Gasteiger partial charge in [0, 0.05) is 28.9 Å². The molecule has 0 fully saturated rings. The van der Waals surface area contributed by atoms with E-state index in [9.17, 15) is 10.1 Å². The van der Waals surface area contributed by atoms with Crippen molar-refractivity contribution in [3.63, 3.8) is 0 Å². The number of nitro groups is 1. The van der Waals surface area contributed by atoms with Crippen molar-refractivity contribution in [1.29, 1.82) is 0 Å². The Morgan fingerprint density at radius 1 is 1.35 bits per heavy atom. The lowest BCUT2D eigenvalue weighted by Gasteiger charge is -2.04. The Morgan fingerprint density at radius 2 is 2.18 bits per heavy atom. The van der Waals surface area contributed by atoms with Gasteiger partial charge < -0.3 is 11.1 Å². The lowest BCUT2D eigenvalue weighted by Crippen LogP contribution is -1.97. The number of anilines is 2. The molecule has 1 aromatic carbocycles. The van der Waals surface area contributed by atoms with Crippen LogP contribution >= 0.6 is 11.3 Å². The lowest BCUT2D eigenvalue weighted by atomic mass is 10.3. The van der Waals surface area contributed by atoms with Gasteiger partial charge in [-0.15, -0.1) is 0 Å². The van der Waals surface area contributed by atoms with Crippen LogP contribution in [0, 0.1) is 10.1 Å². The zero-order valence-electron chi connectivity index (χ0n) is 8.92. The molecule has 0 saturated heterocycles. The average Bonchev–Trinajstić information content (AvgIpc) is 2.75. The van der Waals surface area contributed by atoms with Gasteiger partial charge in [-0.05, 0) is 24.3 Å². The van der Waals surface area contributed by atoms with Crippen molar-refractivity contribution in [3.05, 3.63) is 51.4 Å². The van der Waals surface area contributed by atoms with Crippen LogP contribution in [0.3, 0.4) is 0 Å². The van der Waals surface area contributed by atoms with E-state index in [0.717, 1.165) is 10.6 Å². The van der Waals surface area contributed by atoms with Gasteiger partial charge in [0.05, 0.1) is 4.92 Å². The molecule has 5 nitrogen and oxygen atoms in total. The van der Waals surface area contributed by atoms with Crippen LogP contribution in [-0.2, 0) is 6.54 Å². The van der Waals surface area contributed by atoms with E-state index in [1.54, 1.807) is 12.1 Å².